The van der Waals surface area contributed by atoms with Gasteiger partial charge in [0.1, 0.15) is 5.75 Å². The molecule has 0 spiro atoms. The van der Waals surface area contributed by atoms with Crippen LogP contribution in [-0.4, -0.2) is 42.4 Å². The van der Waals surface area contributed by atoms with Gasteiger partial charge in [0.25, 0.3) is 0 Å². The lowest BCUT2D eigenvalue weighted by Crippen LogP contribution is -2.47. The number of aromatic hydroxyl groups is 1. The van der Waals surface area contributed by atoms with Crippen molar-refractivity contribution < 1.29 is 5.11 Å². The summed E-state index contributed by atoms with van der Waals surface area (Å²) < 4.78 is 0. The first-order valence-corrected chi connectivity index (χ1v) is 9.26. The highest BCUT2D eigenvalue weighted by molar-refractivity contribution is 5.25. The highest BCUT2D eigenvalue weighted by atomic mass is 16.3. The van der Waals surface area contributed by atoms with E-state index in [1.807, 2.05) is 0 Å². The number of nitrogens with zero attached hydrogens (tertiary/aromatic N) is 1. The molecule has 1 aromatic carbocycles. The molecule has 4 nitrogen and oxygen atoms in total. The zero-order chi connectivity index (χ0) is 15.6. The fourth-order valence-electron chi connectivity index (χ4n) is 4.97. The molecule has 4 heteroatoms. The van der Waals surface area contributed by atoms with Gasteiger partial charge in [-0.3, -0.25) is 4.90 Å². The van der Waals surface area contributed by atoms with E-state index < -0.39 is 0 Å². The summed E-state index contributed by atoms with van der Waals surface area (Å²) in [6, 6.07) is 7.71. The Morgan fingerprint density at radius 1 is 1.04 bits per heavy atom. The number of piperidine rings is 2. The van der Waals surface area contributed by atoms with Crippen LogP contribution in [0.3, 0.4) is 0 Å². The zero-order valence-corrected chi connectivity index (χ0v) is 13.9. The number of nitrogens with one attached hydrogen (secondary N) is 2. The maximum Gasteiger partial charge on any atom is 0.115 e. The Morgan fingerprint density at radius 2 is 1.91 bits per heavy atom. The molecule has 1 aromatic rings. The SMILES string of the molecule is Oc1ccc(CN2CCC[C@H](C3CNC4NCCCC43)C2)cc1. The highest BCUT2D eigenvalue weighted by Crippen LogP contribution is 2.37. The summed E-state index contributed by atoms with van der Waals surface area (Å²) in [7, 11) is 0. The van der Waals surface area contributed by atoms with Crippen molar-refractivity contribution in [2.75, 3.05) is 26.2 Å². The first-order valence-electron chi connectivity index (χ1n) is 9.26. The van der Waals surface area contributed by atoms with Gasteiger partial charge < -0.3 is 15.7 Å². The fraction of sp³-hybridized carbons (Fsp3) is 0.684. The van der Waals surface area contributed by atoms with Gasteiger partial charge in [0, 0.05) is 19.6 Å². The van der Waals surface area contributed by atoms with Gasteiger partial charge in [0.2, 0.25) is 0 Å². The number of phenols is 1. The number of hydrogen-bond acceptors (Lipinski definition) is 4. The van der Waals surface area contributed by atoms with E-state index in [4.69, 9.17) is 0 Å². The van der Waals surface area contributed by atoms with Crippen molar-refractivity contribution in [1.82, 2.24) is 15.5 Å². The number of likely N-dealkylation sites (tertiary alicyclic amines) is 1. The quantitative estimate of drug-likeness (QED) is 0.800. The summed E-state index contributed by atoms with van der Waals surface area (Å²) in [5.74, 6) is 2.87. The fourth-order valence-corrected chi connectivity index (χ4v) is 4.97. The van der Waals surface area contributed by atoms with E-state index in [1.165, 1.54) is 57.4 Å². The molecule has 0 aliphatic carbocycles. The van der Waals surface area contributed by atoms with E-state index in [0.29, 0.717) is 11.9 Å². The molecule has 0 saturated carbocycles. The monoisotopic (exact) mass is 315 g/mol. The van der Waals surface area contributed by atoms with E-state index in [9.17, 15) is 5.11 Å². The second-order valence-electron chi connectivity index (χ2n) is 7.61. The molecule has 126 valence electrons. The summed E-state index contributed by atoms with van der Waals surface area (Å²) >= 11 is 0. The zero-order valence-electron chi connectivity index (χ0n) is 13.9. The first-order chi connectivity index (χ1) is 11.3. The molecular formula is C19H29N3O. The van der Waals surface area contributed by atoms with Crippen LogP contribution in [0.25, 0.3) is 0 Å². The minimum Gasteiger partial charge on any atom is -0.508 e. The predicted molar refractivity (Wildman–Crippen MR) is 92.1 cm³/mol. The molecule has 3 heterocycles. The van der Waals surface area contributed by atoms with Crippen molar-refractivity contribution in [3.8, 4) is 5.75 Å². The minimum absolute atomic E-state index is 0.359. The van der Waals surface area contributed by atoms with Gasteiger partial charge in [-0.1, -0.05) is 12.1 Å². The Hall–Kier alpha value is -1.10. The summed E-state index contributed by atoms with van der Waals surface area (Å²) in [5, 5.41) is 16.8. The van der Waals surface area contributed by atoms with Crippen LogP contribution in [0.1, 0.15) is 31.2 Å². The second-order valence-corrected chi connectivity index (χ2v) is 7.61. The minimum atomic E-state index is 0.359. The highest BCUT2D eigenvalue weighted by Gasteiger charge is 2.41. The van der Waals surface area contributed by atoms with E-state index in [-0.39, 0.29) is 0 Å². The van der Waals surface area contributed by atoms with Crippen molar-refractivity contribution in [2.45, 2.75) is 38.4 Å². The van der Waals surface area contributed by atoms with Crippen molar-refractivity contribution >= 4 is 0 Å². The second kappa shape index (κ2) is 6.80. The van der Waals surface area contributed by atoms with Gasteiger partial charge in [0.05, 0.1) is 6.17 Å². The summed E-state index contributed by atoms with van der Waals surface area (Å²) in [4.78, 5) is 2.62. The lowest BCUT2D eigenvalue weighted by molar-refractivity contribution is 0.103. The third kappa shape index (κ3) is 3.39. The van der Waals surface area contributed by atoms with Crippen LogP contribution < -0.4 is 10.6 Å². The van der Waals surface area contributed by atoms with Crippen LogP contribution in [0, 0.1) is 17.8 Å². The molecule has 0 aromatic heterocycles. The molecule has 3 fully saturated rings. The third-order valence-electron chi connectivity index (χ3n) is 6.12. The number of rotatable bonds is 3. The molecule has 0 bridgehead atoms. The van der Waals surface area contributed by atoms with Gasteiger partial charge >= 0.3 is 0 Å². The smallest absolute Gasteiger partial charge is 0.115 e. The molecule has 3 N–H and O–H groups in total. The first kappa shape index (κ1) is 15.4. The van der Waals surface area contributed by atoms with Crippen LogP contribution >= 0.6 is 0 Å². The average Bonchev–Trinajstić information content (AvgIpc) is 3.01. The molecule has 23 heavy (non-hydrogen) atoms. The lowest BCUT2D eigenvalue weighted by atomic mass is 9.76. The number of fused-ring (bicyclic) bond motifs is 1. The Kier molecular flexibility index (Phi) is 4.56. The topological polar surface area (TPSA) is 47.5 Å². The standard InChI is InChI=1S/C19H29N3O/c23-16-7-5-14(6-8-16)12-22-10-2-3-15(13-22)18-11-21-19-17(18)4-1-9-20-19/h5-8,15,17-21,23H,1-4,9-13H2/t15-,17?,18?,19?/m0/s1. The summed E-state index contributed by atoms with van der Waals surface area (Å²) in [6.45, 7) is 5.84. The Labute approximate surface area is 139 Å². The van der Waals surface area contributed by atoms with Gasteiger partial charge in [-0.2, -0.15) is 0 Å². The van der Waals surface area contributed by atoms with E-state index in [2.05, 4.69) is 27.7 Å². The molecule has 3 saturated heterocycles. The van der Waals surface area contributed by atoms with Crippen molar-refractivity contribution in [3.63, 3.8) is 0 Å². The molecule has 0 amide bonds. The Bertz CT molecular complexity index is 518. The van der Waals surface area contributed by atoms with E-state index in [0.717, 1.165) is 24.3 Å². The third-order valence-corrected chi connectivity index (χ3v) is 6.12. The molecular weight excluding hydrogens is 286 g/mol. The normalized spacial score (nSPS) is 35.1. The predicted octanol–water partition coefficient (Wildman–Crippen LogP) is 2.15. The summed E-state index contributed by atoms with van der Waals surface area (Å²) in [5.41, 5.74) is 1.31. The number of phenolic OH excluding ortho intramolecular Hbond substituents is 1. The van der Waals surface area contributed by atoms with Gasteiger partial charge in [-0.05, 0) is 74.2 Å². The molecule has 4 rings (SSSR count). The van der Waals surface area contributed by atoms with E-state index >= 15 is 0 Å². The Balaban J connectivity index is 1.38. The number of benzene rings is 1. The van der Waals surface area contributed by atoms with Gasteiger partial charge in [-0.25, -0.2) is 0 Å². The molecule has 3 unspecified atom stereocenters. The van der Waals surface area contributed by atoms with Gasteiger partial charge in [-0.15, -0.1) is 0 Å². The van der Waals surface area contributed by atoms with Crippen LogP contribution in [0.4, 0.5) is 0 Å². The largest absolute Gasteiger partial charge is 0.508 e. The summed E-state index contributed by atoms with van der Waals surface area (Å²) in [6.07, 6.45) is 6.01. The van der Waals surface area contributed by atoms with Crippen molar-refractivity contribution in [3.05, 3.63) is 29.8 Å². The molecule has 3 aliphatic rings. The van der Waals surface area contributed by atoms with Crippen LogP contribution in [0.5, 0.6) is 5.75 Å². The van der Waals surface area contributed by atoms with E-state index in [1.54, 1.807) is 12.1 Å². The van der Waals surface area contributed by atoms with Crippen LogP contribution in [0.2, 0.25) is 0 Å². The lowest BCUT2D eigenvalue weighted by Gasteiger charge is -2.39. The average molecular weight is 315 g/mol. The Morgan fingerprint density at radius 3 is 2.78 bits per heavy atom. The molecule has 4 atom stereocenters. The van der Waals surface area contributed by atoms with Crippen molar-refractivity contribution in [1.29, 1.82) is 0 Å². The molecule has 0 radical (unpaired) electrons. The maximum atomic E-state index is 9.43. The number of hydrogen-bond donors (Lipinski definition) is 3. The van der Waals surface area contributed by atoms with Gasteiger partial charge in [0.15, 0.2) is 0 Å². The van der Waals surface area contributed by atoms with Crippen molar-refractivity contribution in [2.24, 2.45) is 17.8 Å². The van der Waals surface area contributed by atoms with Crippen LogP contribution in [-0.2, 0) is 6.54 Å². The molecule has 3 aliphatic heterocycles. The maximum absolute atomic E-state index is 9.43. The van der Waals surface area contributed by atoms with Crippen LogP contribution in [0.15, 0.2) is 24.3 Å².